The Hall–Kier alpha value is -1.06. The van der Waals surface area contributed by atoms with Crippen molar-refractivity contribution in [3.8, 4) is 0 Å². The standard InChI is InChI=1S/C10H19NO2S2.C2H2O4/c1-8(12)14-6-10(5-11(3)4)7-15-9(2)13;3-1(4)2(5)6/h10H,5-7H2,1-4H3;(H,3,4)(H,5,6). The van der Waals surface area contributed by atoms with Crippen LogP contribution in [0.25, 0.3) is 0 Å². The first-order valence-corrected chi connectivity index (χ1v) is 7.91. The Morgan fingerprint density at radius 3 is 1.43 bits per heavy atom. The normalized spacial score (nSPS) is 10.0. The number of thioether (sulfide) groups is 2. The minimum absolute atomic E-state index is 0.145. The van der Waals surface area contributed by atoms with Crippen LogP contribution in [0.3, 0.4) is 0 Å². The van der Waals surface area contributed by atoms with Gasteiger partial charge in [0.15, 0.2) is 10.2 Å². The minimum atomic E-state index is -1.82. The third-order valence-corrected chi connectivity index (χ3v) is 3.94. The number of carbonyl (C=O) groups is 4. The molecule has 2 N–H and O–H groups in total. The fraction of sp³-hybridized carbons (Fsp3) is 0.667. The summed E-state index contributed by atoms with van der Waals surface area (Å²) >= 11 is 2.69. The largest absolute Gasteiger partial charge is 0.473 e. The lowest BCUT2D eigenvalue weighted by atomic mass is 10.2. The van der Waals surface area contributed by atoms with Gasteiger partial charge in [0.1, 0.15) is 0 Å². The highest BCUT2D eigenvalue weighted by atomic mass is 32.2. The maximum absolute atomic E-state index is 10.8. The van der Waals surface area contributed by atoms with Gasteiger partial charge in [0, 0.05) is 31.9 Å². The average Bonchev–Trinajstić information content (AvgIpc) is 2.32. The van der Waals surface area contributed by atoms with Crippen LogP contribution in [-0.4, -0.2) is 69.4 Å². The Labute approximate surface area is 132 Å². The molecular weight excluding hydrogens is 318 g/mol. The molecule has 0 unspecified atom stereocenters. The fourth-order valence-corrected chi connectivity index (χ4v) is 2.68. The van der Waals surface area contributed by atoms with Gasteiger partial charge in [0.05, 0.1) is 0 Å². The third-order valence-electron chi connectivity index (χ3n) is 1.85. The summed E-state index contributed by atoms with van der Waals surface area (Å²) in [5.41, 5.74) is 0. The molecule has 0 saturated heterocycles. The van der Waals surface area contributed by atoms with Gasteiger partial charge < -0.3 is 15.1 Å². The summed E-state index contributed by atoms with van der Waals surface area (Å²) < 4.78 is 0. The summed E-state index contributed by atoms with van der Waals surface area (Å²) in [6, 6.07) is 0. The van der Waals surface area contributed by atoms with Crippen molar-refractivity contribution in [2.45, 2.75) is 13.8 Å². The van der Waals surface area contributed by atoms with E-state index < -0.39 is 11.9 Å². The molecule has 0 aromatic heterocycles. The van der Waals surface area contributed by atoms with Gasteiger partial charge in [-0.15, -0.1) is 0 Å². The fourth-order valence-electron chi connectivity index (χ4n) is 1.14. The molecule has 0 aliphatic heterocycles. The van der Waals surface area contributed by atoms with Crippen molar-refractivity contribution < 1.29 is 29.4 Å². The number of carboxylic acids is 2. The topological polar surface area (TPSA) is 112 Å². The Morgan fingerprint density at radius 1 is 0.905 bits per heavy atom. The van der Waals surface area contributed by atoms with E-state index in [2.05, 4.69) is 4.90 Å². The molecule has 0 radical (unpaired) electrons. The van der Waals surface area contributed by atoms with Gasteiger partial charge in [0.25, 0.3) is 0 Å². The number of aliphatic carboxylic acids is 2. The van der Waals surface area contributed by atoms with Crippen molar-refractivity contribution in [3.05, 3.63) is 0 Å². The van der Waals surface area contributed by atoms with E-state index in [0.717, 1.165) is 18.1 Å². The smallest absolute Gasteiger partial charge is 0.414 e. The Balaban J connectivity index is 0. The number of hydrogen-bond acceptors (Lipinski definition) is 7. The molecule has 0 saturated carbocycles. The molecule has 0 aliphatic carbocycles. The second-order valence-corrected chi connectivity index (χ2v) is 6.74. The van der Waals surface area contributed by atoms with E-state index in [1.807, 2.05) is 14.1 Å². The Bertz CT molecular complexity index is 343. The van der Waals surface area contributed by atoms with Crippen LogP contribution in [0.15, 0.2) is 0 Å². The summed E-state index contributed by atoms with van der Waals surface area (Å²) in [7, 11) is 4.01. The Morgan fingerprint density at radius 2 is 1.24 bits per heavy atom. The molecule has 122 valence electrons. The van der Waals surface area contributed by atoms with E-state index in [1.54, 1.807) is 13.8 Å². The predicted molar refractivity (Wildman–Crippen MR) is 83.6 cm³/mol. The molecule has 7 nitrogen and oxygen atoms in total. The zero-order chi connectivity index (χ0) is 17.0. The van der Waals surface area contributed by atoms with Gasteiger partial charge >= 0.3 is 11.9 Å². The maximum atomic E-state index is 10.8. The first-order valence-electron chi connectivity index (χ1n) is 5.93. The first-order chi connectivity index (χ1) is 9.56. The maximum Gasteiger partial charge on any atom is 0.414 e. The third kappa shape index (κ3) is 18.9. The van der Waals surface area contributed by atoms with Crippen LogP contribution in [0.5, 0.6) is 0 Å². The van der Waals surface area contributed by atoms with E-state index in [9.17, 15) is 9.59 Å². The van der Waals surface area contributed by atoms with Crippen molar-refractivity contribution in [2.75, 3.05) is 32.1 Å². The molecule has 0 heterocycles. The molecule has 0 amide bonds. The van der Waals surface area contributed by atoms with Crippen molar-refractivity contribution in [2.24, 2.45) is 5.92 Å². The SMILES string of the molecule is CC(=O)SCC(CSC(C)=O)CN(C)C.O=C(O)C(=O)O. The van der Waals surface area contributed by atoms with Crippen LogP contribution in [0.4, 0.5) is 0 Å². The predicted octanol–water partition coefficient (Wildman–Crippen LogP) is 0.879. The number of hydrogen-bond donors (Lipinski definition) is 2. The van der Waals surface area contributed by atoms with Crippen molar-refractivity contribution in [3.63, 3.8) is 0 Å². The highest BCUT2D eigenvalue weighted by molar-refractivity contribution is 8.14. The number of carboxylic acid groups (broad SMARTS) is 2. The lowest BCUT2D eigenvalue weighted by Crippen LogP contribution is -2.25. The van der Waals surface area contributed by atoms with E-state index in [-0.39, 0.29) is 10.2 Å². The van der Waals surface area contributed by atoms with Crippen LogP contribution < -0.4 is 0 Å². The molecule has 0 aromatic rings. The van der Waals surface area contributed by atoms with Crippen LogP contribution >= 0.6 is 23.5 Å². The quantitative estimate of drug-likeness (QED) is 0.681. The van der Waals surface area contributed by atoms with Crippen LogP contribution in [0.1, 0.15) is 13.8 Å². The highest BCUT2D eigenvalue weighted by Crippen LogP contribution is 2.16. The summed E-state index contributed by atoms with van der Waals surface area (Å²) in [5, 5.41) is 15.1. The minimum Gasteiger partial charge on any atom is -0.473 e. The van der Waals surface area contributed by atoms with Gasteiger partial charge in [-0.05, 0) is 20.0 Å². The molecular formula is C12H21NO6S2. The van der Waals surface area contributed by atoms with E-state index in [0.29, 0.717) is 5.92 Å². The van der Waals surface area contributed by atoms with Gasteiger partial charge in [-0.25, -0.2) is 9.59 Å². The lowest BCUT2D eigenvalue weighted by Gasteiger charge is -2.19. The second kappa shape index (κ2) is 12.7. The van der Waals surface area contributed by atoms with Crippen LogP contribution in [0.2, 0.25) is 0 Å². The summed E-state index contributed by atoms with van der Waals surface area (Å²) in [6.45, 7) is 4.07. The van der Waals surface area contributed by atoms with Crippen molar-refractivity contribution >= 4 is 45.7 Å². The zero-order valence-corrected chi connectivity index (χ0v) is 14.1. The van der Waals surface area contributed by atoms with Gasteiger partial charge in [-0.3, -0.25) is 9.59 Å². The lowest BCUT2D eigenvalue weighted by molar-refractivity contribution is -0.159. The van der Waals surface area contributed by atoms with E-state index in [1.165, 1.54) is 23.5 Å². The molecule has 0 rings (SSSR count). The summed E-state index contributed by atoms with van der Waals surface area (Å²) in [4.78, 5) is 42.0. The molecule has 0 fully saturated rings. The van der Waals surface area contributed by atoms with Crippen molar-refractivity contribution in [1.29, 1.82) is 0 Å². The first kappa shape index (κ1) is 22.2. The van der Waals surface area contributed by atoms with Crippen molar-refractivity contribution in [1.82, 2.24) is 4.90 Å². The summed E-state index contributed by atoms with van der Waals surface area (Å²) in [6.07, 6.45) is 0. The van der Waals surface area contributed by atoms with E-state index >= 15 is 0 Å². The van der Waals surface area contributed by atoms with Crippen LogP contribution in [0, 0.1) is 5.92 Å². The molecule has 0 spiro atoms. The highest BCUT2D eigenvalue weighted by Gasteiger charge is 2.12. The summed E-state index contributed by atoms with van der Waals surface area (Å²) in [5.74, 6) is -1.66. The number of carbonyl (C=O) groups excluding carboxylic acids is 2. The molecule has 0 bridgehead atoms. The van der Waals surface area contributed by atoms with Gasteiger partial charge in [-0.2, -0.15) is 0 Å². The van der Waals surface area contributed by atoms with Gasteiger partial charge in [0.2, 0.25) is 0 Å². The molecule has 0 aliphatic rings. The van der Waals surface area contributed by atoms with Crippen LogP contribution in [-0.2, 0) is 19.2 Å². The second-order valence-electron chi connectivity index (χ2n) is 4.34. The molecule has 21 heavy (non-hydrogen) atoms. The Kier molecular flexibility index (Phi) is 13.4. The van der Waals surface area contributed by atoms with Gasteiger partial charge in [-0.1, -0.05) is 23.5 Å². The average molecular weight is 339 g/mol. The number of rotatable bonds is 6. The molecule has 9 heteroatoms. The zero-order valence-electron chi connectivity index (χ0n) is 12.5. The molecule has 0 atom stereocenters. The monoisotopic (exact) mass is 339 g/mol. The molecule has 0 aromatic carbocycles. The number of nitrogens with zero attached hydrogens (tertiary/aromatic N) is 1. The van der Waals surface area contributed by atoms with E-state index in [4.69, 9.17) is 19.8 Å².